The Labute approximate surface area is 133 Å². The zero-order valence-electron chi connectivity index (χ0n) is 12.5. The molecular weight excluding hydrogens is 324 g/mol. The molecule has 0 aliphatic carbocycles. The van der Waals surface area contributed by atoms with Gasteiger partial charge in [0.15, 0.2) is 5.78 Å². The van der Waals surface area contributed by atoms with Crippen molar-refractivity contribution in [3.8, 4) is 0 Å². The van der Waals surface area contributed by atoms with Crippen molar-refractivity contribution in [3.63, 3.8) is 0 Å². The number of benzene rings is 1. The van der Waals surface area contributed by atoms with Crippen LogP contribution in [0.3, 0.4) is 0 Å². The Morgan fingerprint density at radius 1 is 1.18 bits per heavy atom. The molecule has 1 unspecified atom stereocenters. The minimum absolute atomic E-state index is 0.282. The molecule has 1 heterocycles. The number of halogens is 1. The summed E-state index contributed by atoms with van der Waals surface area (Å²) in [5.41, 5.74) is 0.652. The van der Waals surface area contributed by atoms with Crippen LogP contribution >= 0.6 is 18.9 Å². The van der Waals surface area contributed by atoms with Crippen molar-refractivity contribution < 1.29 is 18.0 Å². The molecule has 1 atom stereocenters. The zero-order valence-corrected chi connectivity index (χ0v) is 14.2. The van der Waals surface area contributed by atoms with Gasteiger partial charge in [-0.3, -0.25) is 4.57 Å². The van der Waals surface area contributed by atoms with E-state index in [1.165, 1.54) is 23.5 Å². The van der Waals surface area contributed by atoms with Gasteiger partial charge in [0.1, 0.15) is 5.82 Å². The van der Waals surface area contributed by atoms with Gasteiger partial charge in [-0.2, -0.15) is 0 Å². The van der Waals surface area contributed by atoms with E-state index in [1.54, 1.807) is 26.0 Å². The maximum absolute atomic E-state index is 13.1. The highest BCUT2D eigenvalue weighted by atomic mass is 32.1. The van der Waals surface area contributed by atoms with Crippen molar-refractivity contribution in [2.24, 2.45) is 0 Å². The predicted molar refractivity (Wildman–Crippen MR) is 87.9 cm³/mol. The van der Waals surface area contributed by atoms with Gasteiger partial charge in [-0.25, -0.2) is 4.39 Å². The van der Waals surface area contributed by atoms with E-state index in [-0.39, 0.29) is 19.0 Å². The third kappa shape index (κ3) is 4.17. The van der Waals surface area contributed by atoms with Crippen LogP contribution in [-0.4, -0.2) is 13.2 Å². The minimum atomic E-state index is -3.39. The maximum Gasteiger partial charge on any atom is 0.358 e. The lowest BCUT2D eigenvalue weighted by Gasteiger charge is -2.27. The fourth-order valence-corrected chi connectivity index (χ4v) is 5.03. The third-order valence-electron chi connectivity index (χ3n) is 2.89. The predicted octanol–water partition coefficient (Wildman–Crippen LogP) is 5.26. The van der Waals surface area contributed by atoms with Gasteiger partial charge in [0.05, 0.1) is 13.2 Å². The highest BCUT2D eigenvalue weighted by Gasteiger charge is 2.37. The van der Waals surface area contributed by atoms with E-state index in [0.29, 0.717) is 5.69 Å². The zero-order chi connectivity index (χ0) is 16.0. The van der Waals surface area contributed by atoms with Gasteiger partial charge in [-0.1, -0.05) is 6.07 Å². The van der Waals surface area contributed by atoms with Gasteiger partial charge in [0.2, 0.25) is 0 Å². The van der Waals surface area contributed by atoms with Crippen LogP contribution in [0.25, 0.3) is 0 Å². The molecule has 0 saturated heterocycles. The standard InChI is InChI=1S/C15H19FNO3PS/c1-3-19-21(18,20-4-2)15(14-6-5-11-22-14)17-13-9-7-12(16)8-10-13/h5-11,15,17H,3-4H2,1-2H3. The van der Waals surface area contributed by atoms with E-state index in [2.05, 4.69) is 5.32 Å². The maximum atomic E-state index is 13.1. The molecule has 1 N–H and O–H groups in total. The lowest BCUT2D eigenvalue weighted by atomic mass is 10.3. The number of thiophene rings is 1. The molecule has 0 spiro atoms. The second-order valence-corrected chi connectivity index (χ2v) is 7.54. The smallest absolute Gasteiger partial charge is 0.358 e. The first-order valence-electron chi connectivity index (χ1n) is 7.03. The van der Waals surface area contributed by atoms with Gasteiger partial charge in [0, 0.05) is 10.6 Å². The lowest BCUT2D eigenvalue weighted by molar-refractivity contribution is 0.214. The highest BCUT2D eigenvalue weighted by molar-refractivity contribution is 7.54. The Morgan fingerprint density at radius 3 is 2.32 bits per heavy atom. The summed E-state index contributed by atoms with van der Waals surface area (Å²) in [6, 6.07) is 9.63. The quantitative estimate of drug-likeness (QED) is 0.664. The summed E-state index contributed by atoms with van der Waals surface area (Å²) in [7, 11) is -3.39. The SMILES string of the molecule is CCOP(=O)(OCC)C(Nc1ccc(F)cc1)c1cccs1. The first-order chi connectivity index (χ1) is 10.6. The average Bonchev–Trinajstić information content (AvgIpc) is 3.01. The van der Waals surface area contributed by atoms with E-state index in [9.17, 15) is 8.96 Å². The van der Waals surface area contributed by atoms with Crippen LogP contribution in [0.4, 0.5) is 10.1 Å². The molecule has 1 aromatic carbocycles. The van der Waals surface area contributed by atoms with E-state index >= 15 is 0 Å². The van der Waals surface area contributed by atoms with Crippen LogP contribution in [0.5, 0.6) is 0 Å². The molecule has 22 heavy (non-hydrogen) atoms. The first-order valence-corrected chi connectivity index (χ1v) is 9.52. The van der Waals surface area contributed by atoms with E-state index in [4.69, 9.17) is 9.05 Å². The Balaban J connectivity index is 2.33. The van der Waals surface area contributed by atoms with Crippen LogP contribution in [0, 0.1) is 5.82 Å². The molecule has 0 bridgehead atoms. The summed E-state index contributed by atoms with van der Waals surface area (Å²) in [5.74, 6) is -0.950. The molecule has 0 amide bonds. The normalized spacial score (nSPS) is 13.0. The van der Waals surface area contributed by atoms with Crippen molar-refractivity contribution in [3.05, 3.63) is 52.5 Å². The number of hydrogen-bond acceptors (Lipinski definition) is 5. The van der Waals surface area contributed by atoms with E-state index in [1.807, 2.05) is 17.5 Å². The molecule has 4 nitrogen and oxygen atoms in total. The first kappa shape index (κ1) is 17.2. The second kappa shape index (κ2) is 7.88. The van der Waals surface area contributed by atoms with Gasteiger partial charge in [0.25, 0.3) is 0 Å². The monoisotopic (exact) mass is 343 g/mol. The molecule has 7 heteroatoms. The molecular formula is C15H19FNO3PS. The van der Waals surface area contributed by atoms with Crippen molar-refractivity contribution in [2.45, 2.75) is 19.6 Å². The van der Waals surface area contributed by atoms with Crippen LogP contribution in [0.15, 0.2) is 41.8 Å². The molecule has 0 fully saturated rings. The fraction of sp³-hybridized carbons (Fsp3) is 0.333. The largest absolute Gasteiger partial charge is 0.367 e. The Hall–Kier alpha value is -1.20. The summed E-state index contributed by atoms with van der Waals surface area (Å²) >= 11 is 1.46. The molecule has 1 aromatic heterocycles. The van der Waals surface area contributed by atoms with Crippen LogP contribution in [0.1, 0.15) is 24.5 Å². The van der Waals surface area contributed by atoms with Gasteiger partial charge < -0.3 is 14.4 Å². The van der Waals surface area contributed by atoms with Crippen LogP contribution in [-0.2, 0) is 13.6 Å². The summed E-state index contributed by atoms with van der Waals surface area (Å²) in [4.78, 5) is 0.842. The number of nitrogens with one attached hydrogen (secondary N) is 1. The fourth-order valence-electron chi connectivity index (χ4n) is 2.00. The summed E-state index contributed by atoms with van der Waals surface area (Å²) in [6.07, 6.45) is 0. The number of hydrogen-bond donors (Lipinski definition) is 1. The summed E-state index contributed by atoms with van der Waals surface area (Å²) < 4.78 is 37.1. The molecule has 0 saturated carbocycles. The molecule has 120 valence electrons. The Morgan fingerprint density at radius 2 is 1.82 bits per heavy atom. The summed E-state index contributed by atoms with van der Waals surface area (Å²) in [5, 5.41) is 5.05. The molecule has 2 rings (SSSR count). The van der Waals surface area contributed by atoms with Gasteiger partial charge >= 0.3 is 7.60 Å². The third-order valence-corrected chi connectivity index (χ3v) is 6.28. The van der Waals surface area contributed by atoms with Crippen LogP contribution in [0.2, 0.25) is 0 Å². The summed E-state index contributed by atoms with van der Waals surface area (Å²) in [6.45, 7) is 4.11. The van der Waals surface area contributed by atoms with E-state index in [0.717, 1.165) is 4.88 Å². The highest BCUT2D eigenvalue weighted by Crippen LogP contribution is 2.61. The number of rotatable bonds is 8. The molecule has 0 aliphatic heterocycles. The molecule has 0 radical (unpaired) electrons. The van der Waals surface area contributed by atoms with Crippen LogP contribution < -0.4 is 5.32 Å². The lowest BCUT2D eigenvalue weighted by Crippen LogP contribution is -2.14. The average molecular weight is 343 g/mol. The second-order valence-electron chi connectivity index (χ2n) is 4.44. The van der Waals surface area contributed by atoms with Gasteiger partial charge in [-0.15, -0.1) is 11.3 Å². The molecule has 0 aliphatic rings. The number of anilines is 1. The Bertz CT molecular complexity index is 608. The Kier molecular flexibility index (Phi) is 6.15. The van der Waals surface area contributed by atoms with Crippen molar-refractivity contribution >= 4 is 24.6 Å². The van der Waals surface area contributed by atoms with Crippen molar-refractivity contribution in [1.29, 1.82) is 0 Å². The minimum Gasteiger partial charge on any atom is -0.367 e. The molecule has 2 aromatic rings. The topological polar surface area (TPSA) is 47.6 Å². The van der Waals surface area contributed by atoms with Gasteiger partial charge in [-0.05, 0) is 49.6 Å². The van der Waals surface area contributed by atoms with Crippen molar-refractivity contribution in [1.82, 2.24) is 0 Å². The van der Waals surface area contributed by atoms with E-state index < -0.39 is 13.4 Å². The van der Waals surface area contributed by atoms with Crippen molar-refractivity contribution in [2.75, 3.05) is 18.5 Å².